The quantitative estimate of drug-likeness (QED) is 0.326. The molecule has 0 radical (unpaired) electrons. The fraction of sp³-hybridized carbons (Fsp3) is 0.643. The van der Waals surface area contributed by atoms with E-state index in [-0.39, 0.29) is 12.4 Å². The van der Waals surface area contributed by atoms with Crippen LogP contribution in [-0.2, 0) is 0 Å². The van der Waals surface area contributed by atoms with Gasteiger partial charge in [-0.25, -0.2) is 4.98 Å². The highest BCUT2D eigenvalue weighted by atomic mass is 127. The molecule has 114 valence electrons. The lowest BCUT2D eigenvalue weighted by molar-refractivity contribution is 0.344. The Morgan fingerprint density at radius 3 is 2.80 bits per heavy atom. The Labute approximate surface area is 150 Å². The Hall–Kier alpha value is 0.830. The first-order valence-electron chi connectivity index (χ1n) is 6.89. The molecule has 0 saturated carbocycles. The minimum atomic E-state index is 0. The third-order valence-electron chi connectivity index (χ3n) is 3.14. The van der Waals surface area contributed by atoms with E-state index in [1.165, 1.54) is 59.7 Å². The Bertz CT molecular complexity index is 359. The lowest BCUT2D eigenvalue weighted by atomic mass is 10.2. The second-order valence-corrected chi connectivity index (χ2v) is 8.17. The molecule has 1 aliphatic heterocycles. The van der Waals surface area contributed by atoms with Crippen LogP contribution in [0.2, 0.25) is 0 Å². The van der Waals surface area contributed by atoms with Gasteiger partial charge in [-0.2, -0.15) is 0 Å². The smallest absolute Gasteiger partial charge is 0.0960 e. The zero-order valence-electron chi connectivity index (χ0n) is 11.6. The van der Waals surface area contributed by atoms with Gasteiger partial charge in [-0.1, -0.05) is 12.8 Å². The average molecular weight is 445 g/mol. The van der Waals surface area contributed by atoms with Crippen molar-refractivity contribution in [3.63, 3.8) is 0 Å². The molecular formula is C14H22ClIN2S2. The third-order valence-corrected chi connectivity index (χ3v) is 5.83. The van der Waals surface area contributed by atoms with Crippen LogP contribution in [0.4, 0.5) is 0 Å². The fourth-order valence-electron chi connectivity index (χ4n) is 2.04. The number of rotatable bonds is 8. The number of hydrogen-bond acceptors (Lipinski definition) is 4. The number of halogens is 2. The first kappa shape index (κ1) is 18.9. The molecule has 0 aliphatic carbocycles. The molecule has 2 nitrogen and oxygen atoms in total. The van der Waals surface area contributed by atoms with Gasteiger partial charge in [-0.3, -0.25) is 4.90 Å². The number of hydrogen-bond donors (Lipinski definition) is 0. The molecular weight excluding hydrogens is 423 g/mol. The van der Waals surface area contributed by atoms with Gasteiger partial charge in [0.2, 0.25) is 0 Å². The zero-order chi connectivity index (χ0) is 13.3. The van der Waals surface area contributed by atoms with Crippen molar-refractivity contribution in [2.24, 2.45) is 0 Å². The molecule has 0 amide bonds. The predicted octanol–water partition coefficient (Wildman–Crippen LogP) is 4.77. The van der Waals surface area contributed by atoms with Crippen LogP contribution in [0.5, 0.6) is 0 Å². The monoisotopic (exact) mass is 444 g/mol. The van der Waals surface area contributed by atoms with Gasteiger partial charge in [-0.05, 0) is 59.9 Å². The maximum atomic E-state index is 4.41. The van der Waals surface area contributed by atoms with Crippen molar-refractivity contribution in [3.05, 3.63) is 21.9 Å². The largest absolute Gasteiger partial charge is 0.293 e. The number of pyridine rings is 1. The van der Waals surface area contributed by atoms with Crippen LogP contribution in [0.1, 0.15) is 25.7 Å². The second-order valence-electron chi connectivity index (χ2n) is 4.73. The molecule has 1 fully saturated rings. The molecule has 0 spiro atoms. The van der Waals surface area contributed by atoms with E-state index in [2.05, 4.69) is 56.4 Å². The summed E-state index contributed by atoms with van der Waals surface area (Å²) in [5, 5.41) is 1.16. The van der Waals surface area contributed by atoms with Gasteiger partial charge in [0, 0.05) is 27.9 Å². The van der Waals surface area contributed by atoms with Crippen molar-refractivity contribution in [1.29, 1.82) is 0 Å². The Balaban J connectivity index is 0.00000200. The van der Waals surface area contributed by atoms with E-state index in [9.17, 15) is 0 Å². The summed E-state index contributed by atoms with van der Waals surface area (Å²) in [7, 11) is 0. The van der Waals surface area contributed by atoms with Crippen LogP contribution in [0, 0.1) is 3.57 Å². The summed E-state index contributed by atoms with van der Waals surface area (Å²) in [6.07, 6.45) is 7.36. The Morgan fingerprint density at radius 2 is 2.10 bits per heavy atom. The normalized spacial score (nSPS) is 15.2. The summed E-state index contributed by atoms with van der Waals surface area (Å²) in [5.41, 5.74) is 0. The minimum Gasteiger partial charge on any atom is -0.293 e. The minimum absolute atomic E-state index is 0. The molecule has 2 heterocycles. The highest BCUT2D eigenvalue weighted by Crippen LogP contribution is 2.18. The number of thioether (sulfide) groups is 2. The average Bonchev–Trinajstić information content (AvgIpc) is 2.93. The summed E-state index contributed by atoms with van der Waals surface area (Å²) in [4.78, 5) is 6.99. The van der Waals surface area contributed by atoms with Crippen molar-refractivity contribution in [1.82, 2.24) is 9.88 Å². The molecule has 1 aromatic rings. The fourth-order valence-corrected chi connectivity index (χ4v) is 4.24. The molecule has 0 atom stereocenters. The van der Waals surface area contributed by atoms with Crippen LogP contribution in [-0.4, -0.2) is 40.4 Å². The molecule has 0 bridgehead atoms. The molecule has 1 aliphatic rings. The van der Waals surface area contributed by atoms with Crippen molar-refractivity contribution >= 4 is 58.5 Å². The van der Waals surface area contributed by atoms with Crippen LogP contribution < -0.4 is 0 Å². The van der Waals surface area contributed by atoms with Gasteiger partial charge in [-0.15, -0.1) is 35.9 Å². The molecule has 1 saturated heterocycles. The molecule has 0 aromatic carbocycles. The molecule has 20 heavy (non-hydrogen) atoms. The lowest BCUT2D eigenvalue weighted by Crippen LogP contribution is -2.20. The third kappa shape index (κ3) is 7.73. The van der Waals surface area contributed by atoms with Crippen LogP contribution in [0.3, 0.4) is 0 Å². The maximum Gasteiger partial charge on any atom is 0.0960 e. The number of aromatic nitrogens is 1. The van der Waals surface area contributed by atoms with Crippen molar-refractivity contribution in [2.45, 2.75) is 30.7 Å². The van der Waals surface area contributed by atoms with Crippen LogP contribution >= 0.6 is 58.5 Å². The summed E-state index contributed by atoms with van der Waals surface area (Å²) in [6, 6.07) is 4.25. The Morgan fingerprint density at radius 1 is 1.25 bits per heavy atom. The van der Waals surface area contributed by atoms with E-state index < -0.39 is 0 Å². The van der Waals surface area contributed by atoms with E-state index in [1.54, 1.807) is 0 Å². The van der Waals surface area contributed by atoms with Gasteiger partial charge in [0.05, 0.1) is 5.03 Å². The van der Waals surface area contributed by atoms with E-state index >= 15 is 0 Å². The van der Waals surface area contributed by atoms with Crippen LogP contribution in [0.25, 0.3) is 0 Å². The zero-order valence-corrected chi connectivity index (χ0v) is 16.2. The molecule has 2 rings (SSSR count). The lowest BCUT2D eigenvalue weighted by Gasteiger charge is -2.12. The van der Waals surface area contributed by atoms with Crippen molar-refractivity contribution in [3.8, 4) is 0 Å². The van der Waals surface area contributed by atoms with Crippen molar-refractivity contribution < 1.29 is 0 Å². The summed E-state index contributed by atoms with van der Waals surface area (Å²) >= 11 is 6.25. The van der Waals surface area contributed by atoms with E-state index in [0.717, 1.165) is 5.03 Å². The standard InChI is InChI=1S/C14H21IN2S2.ClH/c15-13-5-6-14(16-11-13)19-9-4-2-1-3-7-17-8-10-18-12-17;/h5-6,11H,1-4,7-10,12H2;1H. The summed E-state index contributed by atoms with van der Waals surface area (Å²) in [5.74, 6) is 3.79. The first-order valence-corrected chi connectivity index (χ1v) is 10.1. The highest BCUT2D eigenvalue weighted by Gasteiger charge is 2.10. The molecule has 0 unspecified atom stereocenters. The molecule has 6 heteroatoms. The highest BCUT2D eigenvalue weighted by molar-refractivity contribution is 14.1. The Kier molecular flexibility index (Phi) is 10.8. The predicted molar refractivity (Wildman–Crippen MR) is 102 cm³/mol. The van der Waals surface area contributed by atoms with Crippen LogP contribution in [0.15, 0.2) is 23.4 Å². The topological polar surface area (TPSA) is 16.1 Å². The summed E-state index contributed by atoms with van der Waals surface area (Å²) in [6.45, 7) is 2.61. The van der Waals surface area contributed by atoms with E-state index in [0.29, 0.717) is 0 Å². The molecule has 1 aromatic heterocycles. The van der Waals surface area contributed by atoms with Gasteiger partial charge >= 0.3 is 0 Å². The van der Waals surface area contributed by atoms with Gasteiger partial charge in [0.25, 0.3) is 0 Å². The van der Waals surface area contributed by atoms with Gasteiger partial charge < -0.3 is 0 Å². The number of nitrogens with zero attached hydrogens (tertiary/aromatic N) is 2. The SMILES string of the molecule is Cl.Ic1ccc(SCCCCCCN2CCSC2)nc1. The van der Waals surface area contributed by atoms with E-state index in [4.69, 9.17) is 0 Å². The van der Waals surface area contributed by atoms with Gasteiger partial charge in [0.1, 0.15) is 0 Å². The van der Waals surface area contributed by atoms with Gasteiger partial charge in [0.15, 0.2) is 0 Å². The number of unbranched alkanes of at least 4 members (excludes halogenated alkanes) is 3. The van der Waals surface area contributed by atoms with E-state index in [1.807, 2.05) is 18.0 Å². The first-order chi connectivity index (χ1) is 9.34. The second kappa shape index (κ2) is 11.4. The maximum absolute atomic E-state index is 4.41. The summed E-state index contributed by atoms with van der Waals surface area (Å²) < 4.78 is 1.21. The van der Waals surface area contributed by atoms with Crippen molar-refractivity contribution in [2.75, 3.05) is 30.5 Å². The molecule has 0 N–H and O–H groups in total.